The number of aromatic nitrogens is 1. The van der Waals surface area contributed by atoms with E-state index in [1.165, 1.54) is 30.5 Å². The van der Waals surface area contributed by atoms with Crippen molar-refractivity contribution in [2.45, 2.75) is 25.7 Å². The van der Waals surface area contributed by atoms with Gasteiger partial charge in [0.2, 0.25) is 0 Å². The third kappa shape index (κ3) is 1.60. The summed E-state index contributed by atoms with van der Waals surface area (Å²) in [6.45, 7) is 0. The summed E-state index contributed by atoms with van der Waals surface area (Å²) in [5.74, 6) is 0.324. The van der Waals surface area contributed by atoms with Crippen LogP contribution >= 0.6 is 0 Å². The second-order valence-corrected chi connectivity index (χ2v) is 4.44. The summed E-state index contributed by atoms with van der Waals surface area (Å²) in [7, 11) is 0. The normalized spacial score (nSPS) is 14.8. The number of aromatic amines is 1. The van der Waals surface area contributed by atoms with E-state index in [9.17, 15) is 5.11 Å². The Morgan fingerprint density at radius 1 is 1.06 bits per heavy atom. The number of aryl methyl sites for hydroxylation is 2. The number of hydrogen-bond acceptors (Lipinski definition) is 1. The zero-order valence-electron chi connectivity index (χ0n) is 9.16. The van der Waals surface area contributed by atoms with Crippen LogP contribution in [0.15, 0.2) is 30.3 Å². The van der Waals surface area contributed by atoms with Crippen molar-refractivity contribution in [1.82, 2.24) is 4.98 Å². The van der Waals surface area contributed by atoms with Crippen molar-refractivity contribution in [1.29, 1.82) is 0 Å². The summed E-state index contributed by atoms with van der Waals surface area (Å²) in [6, 6.07) is 9.63. The van der Waals surface area contributed by atoms with Gasteiger partial charge >= 0.3 is 0 Å². The smallest absolute Gasteiger partial charge is 0.116 e. The highest BCUT2D eigenvalue weighted by atomic mass is 16.3. The molecule has 2 nitrogen and oxygen atoms in total. The Morgan fingerprint density at radius 3 is 2.75 bits per heavy atom. The van der Waals surface area contributed by atoms with Crippen molar-refractivity contribution in [3.05, 3.63) is 41.6 Å². The van der Waals surface area contributed by atoms with Crippen LogP contribution in [0, 0.1) is 0 Å². The van der Waals surface area contributed by atoms with E-state index in [0.717, 1.165) is 17.7 Å². The molecule has 16 heavy (non-hydrogen) atoms. The third-order valence-corrected chi connectivity index (χ3v) is 3.27. The van der Waals surface area contributed by atoms with E-state index in [0.29, 0.717) is 5.75 Å². The number of H-pyrrole nitrogens is 1. The van der Waals surface area contributed by atoms with Gasteiger partial charge in [-0.1, -0.05) is 12.1 Å². The lowest BCUT2D eigenvalue weighted by molar-refractivity contribution is 0.475. The molecular weight excluding hydrogens is 198 g/mol. The molecule has 82 valence electrons. The van der Waals surface area contributed by atoms with Crippen LogP contribution in [0.4, 0.5) is 0 Å². The van der Waals surface area contributed by atoms with E-state index in [-0.39, 0.29) is 0 Å². The van der Waals surface area contributed by atoms with E-state index < -0.39 is 0 Å². The Bertz CT molecular complexity index is 490. The quantitative estimate of drug-likeness (QED) is 0.749. The van der Waals surface area contributed by atoms with Crippen LogP contribution in [0.25, 0.3) is 11.3 Å². The van der Waals surface area contributed by atoms with E-state index in [1.807, 2.05) is 12.1 Å². The number of fused-ring (bicyclic) bond motifs is 1. The first-order valence-corrected chi connectivity index (χ1v) is 5.83. The van der Waals surface area contributed by atoms with Gasteiger partial charge in [0.1, 0.15) is 5.75 Å². The first-order valence-electron chi connectivity index (χ1n) is 5.83. The number of rotatable bonds is 1. The van der Waals surface area contributed by atoms with Gasteiger partial charge in [0.15, 0.2) is 0 Å². The molecule has 1 heterocycles. The molecular formula is C14H15NO. The largest absolute Gasteiger partial charge is 0.508 e. The maximum Gasteiger partial charge on any atom is 0.116 e. The minimum Gasteiger partial charge on any atom is -0.508 e. The number of aromatic hydroxyl groups is 1. The fraction of sp³-hybridized carbons (Fsp3) is 0.286. The maximum atomic E-state index is 9.46. The van der Waals surface area contributed by atoms with Crippen LogP contribution in [0.1, 0.15) is 24.1 Å². The van der Waals surface area contributed by atoms with E-state index in [2.05, 4.69) is 11.1 Å². The topological polar surface area (TPSA) is 36.0 Å². The molecule has 1 aromatic carbocycles. The van der Waals surface area contributed by atoms with Crippen molar-refractivity contribution in [2.24, 2.45) is 0 Å². The first kappa shape index (κ1) is 9.52. The molecule has 2 heteroatoms. The van der Waals surface area contributed by atoms with E-state index in [1.54, 1.807) is 12.1 Å². The summed E-state index contributed by atoms with van der Waals surface area (Å²) < 4.78 is 0. The second-order valence-electron chi connectivity index (χ2n) is 4.44. The van der Waals surface area contributed by atoms with Gasteiger partial charge in [-0.2, -0.15) is 0 Å². The molecule has 1 aliphatic carbocycles. The summed E-state index contributed by atoms with van der Waals surface area (Å²) in [6.07, 6.45) is 4.93. The Balaban J connectivity index is 2.03. The molecule has 2 N–H and O–H groups in total. The Labute approximate surface area is 94.9 Å². The molecule has 2 aromatic rings. The number of hydrogen-bond donors (Lipinski definition) is 2. The molecule has 3 rings (SSSR count). The number of benzene rings is 1. The molecule has 0 fully saturated rings. The van der Waals surface area contributed by atoms with Crippen molar-refractivity contribution < 1.29 is 5.11 Å². The van der Waals surface area contributed by atoms with E-state index in [4.69, 9.17) is 0 Å². The van der Waals surface area contributed by atoms with Gasteiger partial charge in [-0.15, -0.1) is 0 Å². The van der Waals surface area contributed by atoms with E-state index >= 15 is 0 Å². The summed E-state index contributed by atoms with van der Waals surface area (Å²) in [5.41, 5.74) is 5.02. The number of phenols is 1. The lowest BCUT2D eigenvalue weighted by Gasteiger charge is -2.09. The average molecular weight is 213 g/mol. The van der Waals surface area contributed by atoms with Crippen LogP contribution < -0.4 is 0 Å². The fourth-order valence-electron chi connectivity index (χ4n) is 2.43. The van der Waals surface area contributed by atoms with Crippen molar-refractivity contribution in [3.8, 4) is 17.0 Å². The van der Waals surface area contributed by atoms with Crippen molar-refractivity contribution in [3.63, 3.8) is 0 Å². The molecule has 0 atom stereocenters. The van der Waals surface area contributed by atoms with Crippen LogP contribution in [-0.2, 0) is 12.8 Å². The lowest BCUT2D eigenvalue weighted by Crippen LogP contribution is -1.99. The first-order chi connectivity index (χ1) is 7.83. The van der Waals surface area contributed by atoms with Gasteiger partial charge in [-0.25, -0.2) is 0 Å². The molecule has 0 spiro atoms. The van der Waals surface area contributed by atoms with Gasteiger partial charge in [-0.3, -0.25) is 0 Å². The molecule has 1 aromatic heterocycles. The molecule has 0 aliphatic heterocycles. The van der Waals surface area contributed by atoms with Crippen molar-refractivity contribution in [2.75, 3.05) is 0 Å². The zero-order chi connectivity index (χ0) is 11.0. The Morgan fingerprint density at radius 2 is 1.94 bits per heavy atom. The number of phenolic OH excluding ortho intramolecular Hbond substituents is 1. The zero-order valence-corrected chi connectivity index (χ0v) is 9.16. The standard InChI is InChI=1S/C14H15NO/c16-12-6-3-5-10(8-12)14-9-11-4-1-2-7-13(11)15-14/h3,5-6,8-9,15-16H,1-2,4,7H2. The predicted molar refractivity (Wildman–Crippen MR) is 64.5 cm³/mol. The summed E-state index contributed by atoms with van der Waals surface area (Å²) >= 11 is 0. The van der Waals surface area contributed by atoms with Gasteiger partial charge < -0.3 is 10.1 Å². The maximum absolute atomic E-state index is 9.46. The second kappa shape index (κ2) is 3.71. The number of nitrogens with one attached hydrogen (secondary N) is 1. The van der Waals surface area contributed by atoms with Crippen LogP contribution in [0.3, 0.4) is 0 Å². The molecule has 0 bridgehead atoms. The van der Waals surface area contributed by atoms with Crippen LogP contribution in [0.2, 0.25) is 0 Å². The fourth-order valence-corrected chi connectivity index (χ4v) is 2.43. The van der Waals surface area contributed by atoms with Crippen LogP contribution in [-0.4, -0.2) is 10.1 Å². The van der Waals surface area contributed by atoms with Gasteiger partial charge in [-0.05, 0) is 49.4 Å². The highest BCUT2D eigenvalue weighted by molar-refractivity contribution is 5.63. The molecule has 0 saturated carbocycles. The molecule has 0 unspecified atom stereocenters. The Kier molecular flexibility index (Phi) is 2.21. The van der Waals surface area contributed by atoms with Gasteiger partial charge in [0.25, 0.3) is 0 Å². The predicted octanol–water partition coefficient (Wildman–Crippen LogP) is 3.27. The summed E-state index contributed by atoms with van der Waals surface area (Å²) in [4.78, 5) is 3.47. The minimum atomic E-state index is 0.324. The SMILES string of the molecule is Oc1cccc(-c2cc3c([nH]2)CCCC3)c1. The van der Waals surface area contributed by atoms with Crippen LogP contribution in [0.5, 0.6) is 5.75 Å². The highest BCUT2D eigenvalue weighted by Crippen LogP contribution is 2.28. The van der Waals surface area contributed by atoms with Crippen molar-refractivity contribution >= 4 is 0 Å². The van der Waals surface area contributed by atoms with Gasteiger partial charge in [0, 0.05) is 17.0 Å². The highest BCUT2D eigenvalue weighted by Gasteiger charge is 2.13. The minimum absolute atomic E-state index is 0.324. The van der Waals surface area contributed by atoms with Gasteiger partial charge in [0.05, 0.1) is 0 Å². The third-order valence-electron chi connectivity index (χ3n) is 3.27. The summed E-state index contributed by atoms with van der Waals surface area (Å²) in [5, 5.41) is 9.46. The molecule has 1 aliphatic rings. The average Bonchev–Trinajstić information content (AvgIpc) is 2.72. The Hall–Kier alpha value is -1.70. The lowest BCUT2D eigenvalue weighted by atomic mass is 9.98. The molecule has 0 saturated heterocycles. The monoisotopic (exact) mass is 213 g/mol. The molecule has 0 amide bonds. The molecule has 0 radical (unpaired) electrons.